The smallest absolute Gasteiger partial charge is 0.126 e. The summed E-state index contributed by atoms with van der Waals surface area (Å²) in [5.74, 6) is 0. The average Bonchev–Trinajstić information content (AvgIpc) is 2.43. The van der Waals surface area contributed by atoms with Gasteiger partial charge in [0.15, 0.2) is 8.07 Å². The first-order valence-electron chi connectivity index (χ1n) is 5.92. The highest BCUT2D eigenvalue weighted by Crippen LogP contribution is 2.09. The van der Waals surface area contributed by atoms with Crippen LogP contribution in [0.25, 0.3) is 0 Å². The fourth-order valence-electron chi connectivity index (χ4n) is 2.29. The molecule has 0 amide bonds. The van der Waals surface area contributed by atoms with Gasteiger partial charge in [-0.25, -0.2) is 0 Å². The van der Waals surface area contributed by atoms with E-state index in [1.54, 1.807) is 0 Å². The highest BCUT2D eigenvalue weighted by atomic mass is 28.3. The molecule has 0 atom stereocenters. The Labute approximate surface area is 104 Å². The lowest BCUT2D eigenvalue weighted by atomic mass is 10.4. The van der Waals surface area contributed by atoms with Crippen molar-refractivity contribution in [2.24, 2.45) is 0 Å². The molecule has 0 aliphatic heterocycles. The number of rotatable bonds is 3. The van der Waals surface area contributed by atoms with E-state index in [2.05, 4.69) is 61.0 Å². The highest BCUT2D eigenvalue weighted by molar-refractivity contribution is 7.08. The van der Waals surface area contributed by atoms with Crippen molar-refractivity contribution in [3.63, 3.8) is 0 Å². The normalized spacial score (nSPS) is 10.8. The third-order valence-electron chi connectivity index (χ3n) is 3.31. The van der Waals surface area contributed by atoms with Gasteiger partial charge in [-0.05, 0) is 16.4 Å². The minimum atomic E-state index is -1.97. The fraction of sp³-hybridized carbons (Fsp3) is 0.125. The van der Waals surface area contributed by atoms with Crippen LogP contribution >= 0.6 is 0 Å². The lowest BCUT2D eigenvalue weighted by molar-refractivity contribution is 1.41. The molecule has 0 bridgehead atoms. The second kappa shape index (κ2) is 5.03. The number of hydrogen-bond donors (Lipinski definition) is 0. The molecule has 0 N–H and O–H groups in total. The Morgan fingerprint density at radius 2 is 1.29 bits per heavy atom. The molecule has 0 heterocycles. The standard InChI is InChI=1S/C16H16Si/c1-3-17(4-2,15-11-7-5-8-12-15)16-13-9-6-10-14-16/h1,5-14H,4H2,2H3. The summed E-state index contributed by atoms with van der Waals surface area (Å²) < 4.78 is 0. The first kappa shape index (κ1) is 11.7. The average molecular weight is 236 g/mol. The molecular weight excluding hydrogens is 220 g/mol. The van der Waals surface area contributed by atoms with Gasteiger partial charge in [-0.15, -0.1) is 12.0 Å². The van der Waals surface area contributed by atoms with E-state index in [1.165, 1.54) is 10.4 Å². The number of hydrogen-bond acceptors (Lipinski definition) is 0. The van der Waals surface area contributed by atoms with Gasteiger partial charge in [-0.1, -0.05) is 67.6 Å². The monoisotopic (exact) mass is 236 g/mol. The Balaban J connectivity index is 2.60. The zero-order chi connectivity index (χ0) is 12.1. The van der Waals surface area contributed by atoms with Crippen molar-refractivity contribution in [2.45, 2.75) is 13.0 Å². The predicted molar refractivity (Wildman–Crippen MR) is 77.2 cm³/mol. The van der Waals surface area contributed by atoms with E-state index in [0.717, 1.165) is 6.04 Å². The zero-order valence-corrected chi connectivity index (χ0v) is 11.1. The fourth-order valence-corrected chi connectivity index (χ4v) is 5.50. The van der Waals surface area contributed by atoms with Gasteiger partial charge in [0.2, 0.25) is 0 Å². The minimum Gasteiger partial charge on any atom is -0.126 e. The number of terminal acetylenes is 1. The molecule has 2 rings (SSSR count). The molecule has 0 spiro atoms. The molecule has 0 fully saturated rings. The second-order valence-electron chi connectivity index (χ2n) is 4.14. The van der Waals surface area contributed by atoms with Crippen LogP contribution in [-0.4, -0.2) is 8.07 Å². The van der Waals surface area contributed by atoms with Gasteiger partial charge in [-0.3, -0.25) is 0 Å². The van der Waals surface area contributed by atoms with Gasteiger partial charge in [0.25, 0.3) is 0 Å². The Hall–Kier alpha value is -1.78. The molecular formula is C16H16Si. The van der Waals surface area contributed by atoms with E-state index in [9.17, 15) is 0 Å². The first-order valence-corrected chi connectivity index (χ1v) is 8.13. The largest absolute Gasteiger partial charge is 0.198 e. The van der Waals surface area contributed by atoms with Gasteiger partial charge in [-0.2, -0.15) is 0 Å². The van der Waals surface area contributed by atoms with Crippen LogP contribution in [0.5, 0.6) is 0 Å². The molecule has 1 heteroatoms. The maximum Gasteiger partial charge on any atom is 0.198 e. The van der Waals surface area contributed by atoms with Crippen LogP contribution in [0.1, 0.15) is 6.92 Å². The zero-order valence-electron chi connectivity index (χ0n) is 10.1. The first-order chi connectivity index (χ1) is 8.33. The molecule has 0 nitrogen and oxygen atoms in total. The van der Waals surface area contributed by atoms with Crippen LogP contribution in [0.15, 0.2) is 60.7 Å². The Kier molecular flexibility index (Phi) is 3.46. The molecule has 0 aromatic heterocycles. The van der Waals surface area contributed by atoms with Gasteiger partial charge in [0.05, 0.1) is 0 Å². The summed E-state index contributed by atoms with van der Waals surface area (Å²) in [4.78, 5) is 0. The summed E-state index contributed by atoms with van der Waals surface area (Å²) in [6, 6.07) is 22.1. The molecule has 0 unspecified atom stereocenters. The Bertz CT molecular complexity index is 469. The number of benzene rings is 2. The van der Waals surface area contributed by atoms with Gasteiger partial charge >= 0.3 is 0 Å². The third-order valence-corrected chi connectivity index (χ3v) is 7.50. The molecule has 84 valence electrons. The van der Waals surface area contributed by atoms with E-state index < -0.39 is 8.07 Å². The molecule has 0 aliphatic rings. The Morgan fingerprint density at radius 1 is 0.882 bits per heavy atom. The molecule has 2 aromatic rings. The summed E-state index contributed by atoms with van der Waals surface area (Å²) >= 11 is 0. The van der Waals surface area contributed by atoms with Crippen molar-refractivity contribution in [1.82, 2.24) is 0 Å². The van der Waals surface area contributed by atoms with Crippen molar-refractivity contribution in [1.29, 1.82) is 0 Å². The highest BCUT2D eigenvalue weighted by Gasteiger charge is 2.33. The topological polar surface area (TPSA) is 0 Å². The summed E-state index contributed by atoms with van der Waals surface area (Å²) in [7, 11) is -1.97. The summed E-state index contributed by atoms with van der Waals surface area (Å²) in [6.07, 6.45) is 5.89. The van der Waals surface area contributed by atoms with Gasteiger partial charge < -0.3 is 0 Å². The lowest BCUT2D eigenvalue weighted by Gasteiger charge is -2.25. The summed E-state index contributed by atoms with van der Waals surface area (Å²) in [5.41, 5.74) is 3.14. The molecule has 0 saturated heterocycles. The molecule has 0 saturated carbocycles. The van der Waals surface area contributed by atoms with E-state index in [4.69, 9.17) is 6.42 Å². The summed E-state index contributed by atoms with van der Waals surface area (Å²) in [5, 5.41) is 2.66. The second-order valence-corrected chi connectivity index (χ2v) is 8.10. The van der Waals surface area contributed by atoms with E-state index in [0.29, 0.717) is 0 Å². The van der Waals surface area contributed by atoms with E-state index in [-0.39, 0.29) is 0 Å². The molecule has 0 aliphatic carbocycles. The van der Waals surface area contributed by atoms with Crippen LogP contribution in [0.3, 0.4) is 0 Å². The minimum absolute atomic E-state index is 1.04. The van der Waals surface area contributed by atoms with Crippen molar-refractivity contribution in [3.8, 4) is 12.0 Å². The van der Waals surface area contributed by atoms with Crippen LogP contribution in [0.2, 0.25) is 6.04 Å². The SMILES string of the molecule is C#C[Si](CC)(c1ccccc1)c1ccccc1. The maximum absolute atomic E-state index is 5.89. The molecule has 2 aromatic carbocycles. The van der Waals surface area contributed by atoms with Crippen molar-refractivity contribution < 1.29 is 0 Å². The molecule has 17 heavy (non-hydrogen) atoms. The van der Waals surface area contributed by atoms with Gasteiger partial charge in [0.1, 0.15) is 0 Å². The van der Waals surface area contributed by atoms with E-state index >= 15 is 0 Å². The third kappa shape index (κ3) is 2.04. The van der Waals surface area contributed by atoms with Crippen LogP contribution in [0.4, 0.5) is 0 Å². The van der Waals surface area contributed by atoms with Crippen molar-refractivity contribution >= 4 is 18.4 Å². The van der Waals surface area contributed by atoms with Crippen molar-refractivity contribution in [2.75, 3.05) is 0 Å². The predicted octanol–water partition coefficient (Wildman–Crippen LogP) is 2.44. The summed E-state index contributed by atoms with van der Waals surface area (Å²) in [6.45, 7) is 2.20. The van der Waals surface area contributed by atoms with Crippen LogP contribution in [-0.2, 0) is 0 Å². The quantitative estimate of drug-likeness (QED) is 0.567. The Morgan fingerprint density at radius 3 is 1.59 bits per heavy atom. The van der Waals surface area contributed by atoms with Gasteiger partial charge in [0, 0.05) is 0 Å². The van der Waals surface area contributed by atoms with E-state index in [1.807, 2.05) is 12.1 Å². The van der Waals surface area contributed by atoms with Crippen LogP contribution in [0, 0.1) is 12.0 Å². The van der Waals surface area contributed by atoms with Crippen LogP contribution < -0.4 is 10.4 Å². The lowest BCUT2D eigenvalue weighted by Crippen LogP contribution is -2.56. The maximum atomic E-state index is 5.89. The van der Waals surface area contributed by atoms with Crippen molar-refractivity contribution in [3.05, 3.63) is 60.7 Å². The molecule has 0 radical (unpaired) electrons.